The average Bonchev–Trinajstić information content (AvgIpc) is 3.43. The third-order valence-corrected chi connectivity index (χ3v) is 4.75. The number of hydrogen-bond acceptors (Lipinski definition) is 4. The van der Waals surface area contributed by atoms with Crippen molar-refractivity contribution in [3.63, 3.8) is 0 Å². The maximum Gasteiger partial charge on any atom is 0.184 e. The molecule has 0 radical (unpaired) electrons. The van der Waals surface area contributed by atoms with Gasteiger partial charge in [-0.1, -0.05) is 18.2 Å². The fraction of sp³-hybridized carbons (Fsp3) is 0.0435. The van der Waals surface area contributed by atoms with Crippen molar-refractivity contribution >= 4 is 0 Å². The number of rotatable bonds is 4. The Morgan fingerprint density at radius 1 is 0.900 bits per heavy atom. The molecule has 0 amide bonds. The van der Waals surface area contributed by atoms with Crippen molar-refractivity contribution in [2.75, 3.05) is 0 Å². The van der Waals surface area contributed by atoms with Crippen LogP contribution in [0.5, 0.6) is 0 Å². The van der Waals surface area contributed by atoms with Crippen LogP contribution in [0.3, 0.4) is 0 Å². The van der Waals surface area contributed by atoms with Crippen molar-refractivity contribution in [2.24, 2.45) is 0 Å². The number of benzene rings is 2. The van der Waals surface area contributed by atoms with Crippen molar-refractivity contribution in [1.29, 1.82) is 0 Å². The zero-order chi connectivity index (χ0) is 20.5. The number of nitrogens with zero attached hydrogens (tertiary/aromatic N) is 6. The molecule has 3 aromatic heterocycles. The lowest BCUT2D eigenvalue weighted by molar-refractivity contribution is 0.625. The highest BCUT2D eigenvalue weighted by Crippen LogP contribution is 2.26. The fourth-order valence-corrected chi connectivity index (χ4v) is 3.29. The molecular weight excluding hydrogens is 379 g/mol. The molecular formula is C23H17FN6. The zero-order valence-corrected chi connectivity index (χ0v) is 16.1. The van der Waals surface area contributed by atoms with Gasteiger partial charge in [-0.15, -0.1) is 5.10 Å². The number of hydrogen-bond donors (Lipinski definition) is 0. The molecule has 0 atom stereocenters. The first-order chi connectivity index (χ1) is 14.7. The Morgan fingerprint density at radius 2 is 1.77 bits per heavy atom. The highest BCUT2D eigenvalue weighted by atomic mass is 19.1. The van der Waals surface area contributed by atoms with E-state index < -0.39 is 0 Å². The molecule has 0 aliphatic carbocycles. The van der Waals surface area contributed by atoms with Crippen LogP contribution in [-0.2, 0) is 0 Å². The highest BCUT2D eigenvalue weighted by Gasteiger charge is 2.19. The number of para-hydroxylation sites is 1. The van der Waals surface area contributed by atoms with Crippen LogP contribution >= 0.6 is 0 Å². The van der Waals surface area contributed by atoms with E-state index in [1.165, 1.54) is 12.1 Å². The summed E-state index contributed by atoms with van der Waals surface area (Å²) in [5.41, 5.74) is 3.88. The van der Waals surface area contributed by atoms with E-state index in [-0.39, 0.29) is 5.82 Å². The Balaban J connectivity index is 1.67. The van der Waals surface area contributed by atoms with Gasteiger partial charge in [-0.3, -0.25) is 4.98 Å². The van der Waals surface area contributed by atoms with Crippen molar-refractivity contribution in [2.45, 2.75) is 6.92 Å². The number of pyridine rings is 1. The molecule has 2 aromatic carbocycles. The Labute approximate surface area is 172 Å². The van der Waals surface area contributed by atoms with Gasteiger partial charge >= 0.3 is 0 Å². The second-order valence-corrected chi connectivity index (χ2v) is 6.82. The van der Waals surface area contributed by atoms with Gasteiger partial charge in [0.1, 0.15) is 11.5 Å². The first-order valence-corrected chi connectivity index (χ1v) is 9.44. The van der Waals surface area contributed by atoms with E-state index in [1.54, 1.807) is 27.8 Å². The summed E-state index contributed by atoms with van der Waals surface area (Å²) in [7, 11) is 0. The predicted octanol–water partition coefficient (Wildman–Crippen LogP) is 4.63. The lowest BCUT2D eigenvalue weighted by Gasteiger charge is -2.08. The Morgan fingerprint density at radius 3 is 2.53 bits per heavy atom. The summed E-state index contributed by atoms with van der Waals surface area (Å²) < 4.78 is 17.2. The van der Waals surface area contributed by atoms with Gasteiger partial charge in [0.05, 0.1) is 11.4 Å². The molecule has 0 aliphatic rings. The molecule has 5 aromatic rings. The Bertz CT molecular complexity index is 1310. The van der Waals surface area contributed by atoms with Gasteiger partial charge in [0.15, 0.2) is 11.6 Å². The number of aromatic nitrogens is 6. The predicted molar refractivity (Wildman–Crippen MR) is 112 cm³/mol. The van der Waals surface area contributed by atoms with Gasteiger partial charge in [0.25, 0.3) is 0 Å². The summed E-state index contributed by atoms with van der Waals surface area (Å²) in [5.74, 6) is 0.799. The third kappa shape index (κ3) is 3.26. The van der Waals surface area contributed by atoms with Crippen molar-refractivity contribution in [1.82, 2.24) is 29.5 Å². The molecule has 0 aliphatic heterocycles. The van der Waals surface area contributed by atoms with E-state index in [4.69, 9.17) is 15.2 Å². The van der Waals surface area contributed by atoms with Gasteiger partial charge < -0.3 is 0 Å². The molecule has 5 rings (SSSR count). The first kappa shape index (κ1) is 17.9. The Kier molecular flexibility index (Phi) is 4.40. The average molecular weight is 396 g/mol. The summed E-state index contributed by atoms with van der Waals surface area (Å²) in [5, 5.41) is 9.39. The van der Waals surface area contributed by atoms with Crippen LogP contribution in [0, 0.1) is 12.7 Å². The van der Waals surface area contributed by atoms with E-state index >= 15 is 0 Å². The number of halogens is 1. The molecule has 146 valence electrons. The molecule has 0 spiro atoms. The second-order valence-electron chi connectivity index (χ2n) is 6.82. The summed E-state index contributed by atoms with van der Waals surface area (Å²) in [4.78, 5) is 8.90. The van der Waals surface area contributed by atoms with E-state index in [2.05, 4.69) is 4.98 Å². The summed E-state index contributed by atoms with van der Waals surface area (Å²) in [6.45, 7) is 1.84. The fourth-order valence-electron chi connectivity index (χ4n) is 3.29. The maximum absolute atomic E-state index is 13.7. The topological polar surface area (TPSA) is 61.4 Å². The minimum atomic E-state index is -0.293. The lowest BCUT2D eigenvalue weighted by Crippen LogP contribution is -2.03. The van der Waals surface area contributed by atoms with Gasteiger partial charge in [-0.25, -0.2) is 18.7 Å². The van der Waals surface area contributed by atoms with Crippen LogP contribution in [0.1, 0.15) is 5.56 Å². The summed E-state index contributed by atoms with van der Waals surface area (Å²) >= 11 is 0. The van der Waals surface area contributed by atoms with Gasteiger partial charge in [0, 0.05) is 24.2 Å². The van der Waals surface area contributed by atoms with Gasteiger partial charge in [-0.2, -0.15) is 5.10 Å². The minimum Gasteiger partial charge on any atom is -0.264 e. The van der Waals surface area contributed by atoms with E-state index in [0.29, 0.717) is 17.3 Å². The first-order valence-electron chi connectivity index (χ1n) is 9.44. The van der Waals surface area contributed by atoms with Crippen LogP contribution in [0.25, 0.3) is 34.3 Å². The van der Waals surface area contributed by atoms with Crippen LogP contribution < -0.4 is 0 Å². The molecule has 0 fully saturated rings. The molecule has 0 N–H and O–H groups in total. The smallest absolute Gasteiger partial charge is 0.184 e. The molecule has 6 nitrogen and oxygen atoms in total. The molecule has 30 heavy (non-hydrogen) atoms. The summed E-state index contributed by atoms with van der Waals surface area (Å²) in [6.07, 6.45) is 5.29. The quantitative estimate of drug-likeness (QED) is 0.444. The summed E-state index contributed by atoms with van der Waals surface area (Å²) in [6, 6.07) is 20.1. The second kappa shape index (κ2) is 7.36. The van der Waals surface area contributed by atoms with Crippen LogP contribution in [0.2, 0.25) is 0 Å². The van der Waals surface area contributed by atoms with E-state index in [9.17, 15) is 4.39 Å². The van der Waals surface area contributed by atoms with Gasteiger partial charge in [0.2, 0.25) is 0 Å². The zero-order valence-electron chi connectivity index (χ0n) is 16.1. The largest absolute Gasteiger partial charge is 0.264 e. The molecule has 7 heteroatoms. The molecule has 0 unspecified atom stereocenters. The van der Waals surface area contributed by atoms with Crippen molar-refractivity contribution < 1.29 is 4.39 Å². The van der Waals surface area contributed by atoms with Crippen molar-refractivity contribution in [3.8, 4) is 34.3 Å². The normalized spacial score (nSPS) is 11.0. The van der Waals surface area contributed by atoms with Gasteiger partial charge in [-0.05, 0) is 61.0 Å². The SMILES string of the molecule is Cc1cc(F)ccc1-n1nc(-c2cccnc2)nc1-c1ccn(-c2ccccc2)n1. The van der Waals surface area contributed by atoms with Crippen LogP contribution in [-0.4, -0.2) is 29.5 Å². The molecule has 0 saturated heterocycles. The van der Waals surface area contributed by atoms with Crippen LogP contribution in [0.15, 0.2) is 85.3 Å². The lowest BCUT2D eigenvalue weighted by atomic mass is 10.2. The molecule has 0 saturated carbocycles. The van der Waals surface area contributed by atoms with E-state index in [1.807, 2.05) is 61.7 Å². The van der Waals surface area contributed by atoms with E-state index in [0.717, 1.165) is 22.5 Å². The minimum absolute atomic E-state index is 0.293. The Hall–Kier alpha value is -4.13. The van der Waals surface area contributed by atoms with Crippen LogP contribution in [0.4, 0.5) is 4.39 Å². The highest BCUT2D eigenvalue weighted by molar-refractivity contribution is 5.61. The standard InChI is InChI=1S/C23H17FN6/c1-16-14-18(24)9-10-21(16)30-23(26-22(28-30)17-6-5-12-25-15-17)20-11-13-29(27-20)19-7-3-2-4-8-19/h2-15H,1H3. The molecule has 3 heterocycles. The van der Waals surface area contributed by atoms with Crippen molar-refractivity contribution in [3.05, 3.63) is 96.7 Å². The monoisotopic (exact) mass is 396 g/mol. The molecule has 0 bridgehead atoms. The maximum atomic E-state index is 13.7. The number of aryl methyl sites for hydroxylation is 1. The third-order valence-electron chi connectivity index (χ3n) is 4.75.